The first-order valence-electron chi connectivity index (χ1n) is 9.04. The quantitative estimate of drug-likeness (QED) is 0.363. The Morgan fingerprint density at radius 3 is 2.86 bits per heavy atom. The number of aryl methyl sites for hydroxylation is 1. The number of nitrogens with one attached hydrogen (secondary N) is 1. The summed E-state index contributed by atoms with van der Waals surface area (Å²) in [6.07, 6.45) is 6.71. The number of amides is 1. The van der Waals surface area contributed by atoms with Gasteiger partial charge in [0, 0.05) is 24.1 Å². The Morgan fingerprint density at radius 1 is 1.24 bits per heavy atom. The molecule has 3 heterocycles. The minimum Gasteiger partial charge on any atom is -0.338 e. The van der Waals surface area contributed by atoms with Gasteiger partial charge in [0.1, 0.15) is 23.2 Å². The van der Waals surface area contributed by atoms with Gasteiger partial charge in [0.25, 0.3) is 5.91 Å². The number of para-hydroxylation sites is 1. The number of alkyl halides is 1. The van der Waals surface area contributed by atoms with E-state index in [-0.39, 0.29) is 5.91 Å². The summed E-state index contributed by atoms with van der Waals surface area (Å²) >= 11 is 3.28. The summed E-state index contributed by atoms with van der Waals surface area (Å²) in [5, 5.41) is 4.01. The molecule has 0 aliphatic rings. The maximum Gasteiger partial charge on any atom is 0.251 e. The van der Waals surface area contributed by atoms with Crippen LogP contribution in [0.1, 0.15) is 5.56 Å². The number of nitrogens with zero attached hydrogens (tertiary/aromatic N) is 5. The van der Waals surface area contributed by atoms with Crippen molar-refractivity contribution in [2.45, 2.75) is 6.92 Å². The number of rotatable bonds is 5. The Balaban J connectivity index is 1.78. The van der Waals surface area contributed by atoms with Gasteiger partial charge in [-0.1, -0.05) is 40.2 Å². The van der Waals surface area contributed by atoms with Gasteiger partial charge < -0.3 is 5.32 Å². The highest BCUT2D eigenvalue weighted by molar-refractivity contribution is 9.09. The SMILES string of the molecule is Cc1ccccc1Nc1nc2ccc(N(C)C(=O)/C=C/CBr)nc2n2cncc12. The van der Waals surface area contributed by atoms with E-state index in [1.54, 1.807) is 31.7 Å². The van der Waals surface area contributed by atoms with Crippen molar-refractivity contribution in [3.05, 3.63) is 66.6 Å². The van der Waals surface area contributed by atoms with E-state index >= 15 is 0 Å². The molecule has 4 aromatic rings. The third-order valence-electron chi connectivity index (χ3n) is 4.60. The minimum absolute atomic E-state index is 0.149. The van der Waals surface area contributed by atoms with Crippen molar-refractivity contribution in [1.29, 1.82) is 0 Å². The van der Waals surface area contributed by atoms with Crippen molar-refractivity contribution in [2.75, 3.05) is 22.6 Å². The Morgan fingerprint density at radius 2 is 2.07 bits per heavy atom. The van der Waals surface area contributed by atoms with Crippen molar-refractivity contribution >= 4 is 55.8 Å². The lowest BCUT2D eigenvalue weighted by molar-refractivity contribution is -0.113. The smallest absolute Gasteiger partial charge is 0.251 e. The van der Waals surface area contributed by atoms with E-state index in [2.05, 4.69) is 31.2 Å². The summed E-state index contributed by atoms with van der Waals surface area (Å²) in [6, 6.07) is 11.7. The first kappa shape index (κ1) is 19.1. The molecule has 0 unspecified atom stereocenters. The van der Waals surface area contributed by atoms with Crippen LogP contribution < -0.4 is 10.2 Å². The van der Waals surface area contributed by atoms with Gasteiger partial charge in [-0.3, -0.25) is 14.1 Å². The summed E-state index contributed by atoms with van der Waals surface area (Å²) in [5.41, 5.74) is 4.24. The molecule has 0 aliphatic heterocycles. The van der Waals surface area contributed by atoms with Gasteiger partial charge in [0.05, 0.1) is 6.20 Å². The largest absolute Gasteiger partial charge is 0.338 e. The molecule has 3 aromatic heterocycles. The number of benzene rings is 1. The number of carbonyl (C=O) groups excluding carboxylic acids is 1. The molecular weight excluding hydrogens is 432 g/mol. The summed E-state index contributed by atoms with van der Waals surface area (Å²) in [7, 11) is 1.70. The molecule has 0 atom stereocenters. The molecule has 0 radical (unpaired) electrons. The Kier molecular flexibility index (Phi) is 5.26. The van der Waals surface area contributed by atoms with E-state index in [1.165, 1.54) is 11.0 Å². The zero-order valence-corrected chi connectivity index (χ0v) is 17.6. The molecule has 0 bridgehead atoms. The molecule has 7 nitrogen and oxygen atoms in total. The van der Waals surface area contributed by atoms with Crippen LogP contribution in [-0.2, 0) is 4.79 Å². The number of imidazole rings is 1. The number of fused-ring (bicyclic) bond motifs is 3. The van der Waals surface area contributed by atoms with Crippen molar-refractivity contribution < 1.29 is 4.79 Å². The lowest BCUT2D eigenvalue weighted by atomic mass is 10.2. The molecule has 0 saturated carbocycles. The number of carbonyl (C=O) groups is 1. The maximum atomic E-state index is 12.3. The number of hydrogen-bond acceptors (Lipinski definition) is 5. The van der Waals surface area contributed by atoms with Crippen LogP contribution in [0.2, 0.25) is 0 Å². The predicted molar refractivity (Wildman–Crippen MR) is 119 cm³/mol. The predicted octanol–water partition coefficient (Wildman–Crippen LogP) is 4.24. The molecule has 1 aromatic carbocycles. The molecule has 0 aliphatic carbocycles. The molecule has 0 spiro atoms. The van der Waals surface area contributed by atoms with Gasteiger partial charge in [0.15, 0.2) is 11.5 Å². The number of likely N-dealkylation sites (N-methyl/N-ethyl adjacent to an activating group) is 1. The number of anilines is 3. The van der Waals surface area contributed by atoms with Crippen LogP contribution in [0, 0.1) is 6.92 Å². The van der Waals surface area contributed by atoms with Gasteiger partial charge in [-0.25, -0.2) is 15.0 Å². The Bertz CT molecular complexity index is 1230. The molecule has 0 saturated heterocycles. The third-order valence-corrected chi connectivity index (χ3v) is 4.98. The van der Waals surface area contributed by atoms with Crippen LogP contribution >= 0.6 is 15.9 Å². The molecule has 1 N–H and O–H groups in total. The molecular formula is C21H19BrN6O. The standard InChI is InChI=1S/C21H19BrN6O/c1-14-6-3-4-7-15(14)24-20-17-12-23-13-28(17)21-16(25-20)9-10-18(26-21)27(2)19(29)8-5-11-22/h3-10,12-13H,11H2,1-2H3,(H,24,25)/b8-5+. The first-order valence-corrected chi connectivity index (χ1v) is 10.2. The van der Waals surface area contributed by atoms with Crippen LogP contribution in [0.4, 0.5) is 17.3 Å². The van der Waals surface area contributed by atoms with E-state index in [0.29, 0.717) is 28.1 Å². The average Bonchev–Trinajstić information content (AvgIpc) is 3.23. The van der Waals surface area contributed by atoms with E-state index < -0.39 is 0 Å². The maximum absolute atomic E-state index is 12.3. The second kappa shape index (κ2) is 8.00. The summed E-state index contributed by atoms with van der Waals surface area (Å²) < 4.78 is 1.87. The molecule has 146 valence electrons. The normalized spacial score (nSPS) is 11.4. The number of pyridine rings is 1. The van der Waals surface area contributed by atoms with E-state index in [1.807, 2.05) is 41.7 Å². The zero-order valence-electron chi connectivity index (χ0n) is 16.0. The number of allylic oxidation sites excluding steroid dienone is 1. The van der Waals surface area contributed by atoms with Gasteiger partial charge >= 0.3 is 0 Å². The van der Waals surface area contributed by atoms with Crippen molar-refractivity contribution in [2.24, 2.45) is 0 Å². The number of halogens is 1. The van der Waals surface area contributed by atoms with Crippen LogP contribution in [-0.4, -0.2) is 37.6 Å². The van der Waals surface area contributed by atoms with Gasteiger partial charge in [-0.05, 0) is 30.7 Å². The van der Waals surface area contributed by atoms with Gasteiger partial charge in [-0.2, -0.15) is 0 Å². The molecule has 4 rings (SSSR count). The number of hydrogen-bond donors (Lipinski definition) is 1. The lowest BCUT2D eigenvalue weighted by Crippen LogP contribution is -2.25. The second-order valence-electron chi connectivity index (χ2n) is 6.52. The monoisotopic (exact) mass is 450 g/mol. The Hall–Kier alpha value is -3.26. The molecule has 1 amide bonds. The average molecular weight is 451 g/mol. The van der Waals surface area contributed by atoms with Crippen LogP contribution in [0.25, 0.3) is 16.7 Å². The van der Waals surface area contributed by atoms with Crippen LogP contribution in [0.15, 0.2) is 61.1 Å². The topological polar surface area (TPSA) is 75.4 Å². The highest BCUT2D eigenvalue weighted by Gasteiger charge is 2.14. The van der Waals surface area contributed by atoms with Crippen molar-refractivity contribution in [1.82, 2.24) is 19.4 Å². The zero-order chi connectivity index (χ0) is 20.4. The van der Waals surface area contributed by atoms with Crippen molar-refractivity contribution in [3.8, 4) is 0 Å². The fraction of sp³-hybridized carbons (Fsp3) is 0.143. The highest BCUT2D eigenvalue weighted by atomic mass is 79.9. The highest BCUT2D eigenvalue weighted by Crippen LogP contribution is 2.26. The fourth-order valence-corrected chi connectivity index (χ4v) is 3.19. The van der Waals surface area contributed by atoms with Crippen LogP contribution in [0.3, 0.4) is 0 Å². The molecule has 8 heteroatoms. The van der Waals surface area contributed by atoms with E-state index in [0.717, 1.165) is 16.8 Å². The lowest BCUT2D eigenvalue weighted by Gasteiger charge is -2.16. The first-order chi connectivity index (χ1) is 14.1. The summed E-state index contributed by atoms with van der Waals surface area (Å²) in [6.45, 7) is 2.04. The van der Waals surface area contributed by atoms with Crippen molar-refractivity contribution in [3.63, 3.8) is 0 Å². The fourth-order valence-electron chi connectivity index (χ4n) is 3.00. The van der Waals surface area contributed by atoms with Crippen LogP contribution in [0.5, 0.6) is 0 Å². The Labute approximate surface area is 176 Å². The van der Waals surface area contributed by atoms with Gasteiger partial charge in [-0.15, -0.1) is 0 Å². The minimum atomic E-state index is -0.149. The number of aromatic nitrogens is 4. The second-order valence-corrected chi connectivity index (χ2v) is 7.16. The molecule has 29 heavy (non-hydrogen) atoms. The molecule has 0 fully saturated rings. The van der Waals surface area contributed by atoms with E-state index in [9.17, 15) is 4.79 Å². The summed E-state index contributed by atoms with van der Waals surface area (Å²) in [4.78, 5) is 27.5. The summed E-state index contributed by atoms with van der Waals surface area (Å²) in [5.74, 6) is 1.09. The third kappa shape index (κ3) is 3.71. The van der Waals surface area contributed by atoms with E-state index in [4.69, 9.17) is 4.98 Å². The van der Waals surface area contributed by atoms with Gasteiger partial charge in [0.2, 0.25) is 0 Å².